The molecule has 4 rings (SSSR count). The van der Waals surface area contributed by atoms with Crippen molar-refractivity contribution in [1.29, 1.82) is 0 Å². The zero-order chi connectivity index (χ0) is 15.8. The van der Waals surface area contributed by atoms with Gasteiger partial charge in [0, 0.05) is 23.5 Å². The summed E-state index contributed by atoms with van der Waals surface area (Å²) in [6.45, 7) is 3.87. The molecule has 0 unspecified atom stereocenters. The number of carbonyl (C=O) groups excluding carboxylic acids is 1. The molecule has 0 aliphatic carbocycles. The van der Waals surface area contributed by atoms with Gasteiger partial charge in [0.25, 0.3) is 5.91 Å². The zero-order valence-electron chi connectivity index (χ0n) is 12.6. The number of fused-ring (bicyclic) bond motifs is 1. The number of morpholine rings is 1. The fraction of sp³-hybridized carbons (Fsp3) is 0.312. The van der Waals surface area contributed by atoms with E-state index in [-0.39, 0.29) is 11.9 Å². The molecule has 1 atom stereocenters. The Balaban J connectivity index is 1.67. The lowest BCUT2D eigenvalue weighted by Gasteiger charge is -2.32. The molecular formula is C16H15N3O2S2. The van der Waals surface area contributed by atoms with Crippen LogP contribution in [0.3, 0.4) is 0 Å². The normalized spacial score (nSPS) is 18.5. The van der Waals surface area contributed by atoms with Crippen LogP contribution in [0, 0.1) is 0 Å². The molecule has 0 radical (unpaired) electrons. The molecule has 118 valence electrons. The maximum absolute atomic E-state index is 12.7. The van der Waals surface area contributed by atoms with Crippen molar-refractivity contribution in [3.05, 3.63) is 34.7 Å². The highest BCUT2D eigenvalue weighted by molar-refractivity contribution is 7.20. The summed E-state index contributed by atoms with van der Waals surface area (Å²) in [4.78, 5) is 25.2. The second kappa shape index (κ2) is 5.99. The van der Waals surface area contributed by atoms with Crippen LogP contribution in [0.25, 0.3) is 20.9 Å². The summed E-state index contributed by atoms with van der Waals surface area (Å²) < 4.78 is 5.41. The lowest BCUT2D eigenvalue weighted by atomic mass is 10.2. The first-order valence-corrected chi connectivity index (χ1v) is 9.11. The molecule has 7 heteroatoms. The molecular weight excluding hydrogens is 330 g/mol. The molecule has 1 aliphatic rings. The van der Waals surface area contributed by atoms with Crippen LogP contribution in [-0.2, 0) is 4.74 Å². The van der Waals surface area contributed by atoms with Crippen LogP contribution in [0.2, 0.25) is 0 Å². The Morgan fingerprint density at radius 2 is 2.35 bits per heavy atom. The Kier molecular flexibility index (Phi) is 3.84. The van der Waals surface area contributed by atoms with Gasteiger partial charge in [-0.2, -0.15) is 0 Å². The third-order valence-corrected chi connectivity index (χ3v) is 5.70. The average molecular weight is 345 g/mol. The average Bonchev–Trinajstić information content (AvgIpc) is 3.23. The molecule has 1 amide bonds. The SMILES string of the molecule is C[C@H]1COCCN1C(=O)c1cc2ccc(-c3nccs3)nc2s1. The fourth-order valence-electron chi connectivity index (χ4n) is 2.66. The van der Waals surface area contributed by atoms with E-state index >= 15 is 0 Å². The number of hydrogen-bond acceptors (Lipinski definition) is 6. The third-order valence-electron chi connectivity index (χ3n) is 3.87. The van der Waals surface area contributed by atoms with Crippen LogP contribution < -0.4 is 0 Å². The van der Waals surface area contributed by atoms with Crippen molar-refractivity contribution in [1.82, 2.24) is 14.9 Å². The second-order valence-electron chi connectivity index (χ2n) is 5.46. The van der Waals surface area contributed by atoms with Crippen molar-refractivity contribution in [2.75, 3.05) is 19.8 Å². The largest absolute Gasteiger partial charge is 0.377 e. The summed E-state index contributed by atoms with van der Waals surface area (Å²) in [6, 6.07) is 6.01. The summed E-state index contributed by atoms with van der Waals surface area (Å²) in [6.07, 6.45) is 1.77. The number of rotatable bonds is 2. The van der Waals surface area contributed by atoms with E-state index in [2.05, 4.69) is 9.97 Å². The highest BCUT2D eigenvalue weighted by Gasteiger charge is 2.26. The van der Waals surface area contributed by atoms with Crippen LogP contribution in [0.5, 0.6) is 0 Å². The predicted molar refractivity (Wildman–Crippen MR) is 92.0 cm³/mol. The second-order valence-corrected chi connectivity index (χ2v) is 7.39. The summed E-state index contributed by atoms with van der Waals surface area (Å²) in [5, 5.41) is 3.83. The Morgan fingerprint density at radius 3 is 3.13 bits per heavy atom. The van der Waals surface area contributed by atoms with Gasteiger partial charge in [-0.15, -0.1) is 22.7 Å². The van der Waals surface area contributed by atoms with Crippen LogP contribution in [0.1, 0.15) is 16.6 Å². The number of nitrogens with zero attached hydrogens (tertiary/aromatic N) is 3. The highest BCUT2D eigenvalue weighted by atomic mass is 32.1. The molecule has 0 bridgehead atoms. The first-order chi connectivity index (χ1) is 11.2. The monoisotopic (exact) mass is 345 g/mol. The van der Waals surface area contributed by atoms with Gasteiger partial charge in [-0.25, -0.2) is 9.97 Å². The van der Waals surface area contributed by atoms with E-state index < -0.39 is 0 Å². The number of ether oxygens (including phenoxy) is 1. The number of thiazole rings is 1. The van der Waals surface area contributed by atoms with Gasteiger partial charge in [-0.05, 0) is 25.1 Å². The minimum Gasteiger partial charge on any atom is -0.377 e. The van der Waals surface area contributed by atoms with Crippen LogP contribution in [0.15, 0.2) is 29.8 Å². The van der Waals surface area contributed by atoms with Gasteiger partial charge in [-0.1, -0.05) is 0 Å². The topological polar surface area (TPSA) is 55.3 Å². The molecule has 3 aromatic heterocycles. The summed E-state index contributed by atoms with van der Waals surface area (Å²) >= 11 is 3.01. The van der Waals surface area contributed by atoms with Crippen LogP contribution >= 0.6 is 22.7 Å². The molecule has 4 heterocycles. The standard InChI is InChI=1S/C16H15N3O2S2/c1-10-9-21-6-5-19(10)16(20)13-8-11-2-3-12(18-14(11)23-13)15-17-4-7-22-15/h2-4,7-8,10H,5-6,9H2,1H3/t10-/m0/s1. The molecule has 0 saturated carbocycles. The number of amides is 1. The van der Waals surface area contributed by atoms with Crippen molar-refractivity contribution < 1.29 is 9.53 Å². The van der Waals surface area contributed by atoms with Crippen molar-refractivity contribution in [3.63, 3.8) is 0 Å². The third kappa shape index (κ3) is 2.75. The quantitative estimate of drug-likeness (QED) is 0.715. The van der Waals surface area contributed by atoms with Gasteiger partial charge >= 0.3 is 0 Å². The minimum absolute atomic E-state index is 0.0691. The van der Waals surface area contributed by atoms with E-state index in [0.717, 1.165) is 25.8 Å². The van der Waals surface area contributed by atoms with Gasteiger partial charge in [0.05, 0.1) is 24.1 Å². The van der Waals surface area contributed by atoms with Crippen molar-refractivity contribution in [2.24, 2.45) is 0 Å². The Morgan fingerprint density at radius 1 is 1.43 bits per heavy atom. The first-order valence-electron chi connectivity index (χ1n) is 7.41. The zero-order valence-corrected chi connectivity index (χ0v) is 14.2. The summed E-state index contributed by atoms with van der Waals surface area (Å²) in [7, 11) is 0. The Labute approximate surface area is 141 Å². The molecule has 3 aromatic rings. The van der Waals surface area contributed by atoms with Gasteiger partial charge in [0.2, 0.25) is 0 Å². The molecule has 5 nitrogen and oxygen atoms in total. The molecule has 23 heavy (non-hydrogen) atoms. The van der Waals surface area contributed by atoms with Gasteiger partial charge < -0.3 is 9.64 Å². The fourth-order valence-corrected chi connectivity index (χ4v) is 4.26. The lowest BCUT2D eigenvalue weighted by molar-refractivity contribution is 0.00387. The van der Waals surface area contributed by atoms with Crippen molar-refractivity contribution in [3.8, 4) is 10.7 Å². The number of aromatic nitrogens is 2. The van der Waals surface area contributed by atoms with Crippen LogP contribution in [-0.4, -0.2) is 46.6 Å². The van der Waals surface area contributed by atoms with Crippen molar-refractivity contribution in [2.45, 2.75) is 13.0 Å². The molecule has 1 fully saturated rings. The Hall–Kier alpha value is -1.83. The lowest BCUT2D eigenvalue weighted by Crippen LogP contribution is -2.46. The van der Waals surface area contributed by atoms with E-state index in [1.807, 2.05) is 35.4 Å². The number of thiophene rings is 1. The van der Waals surface area contributed by atoms with Gasteiger partial charge in [0.15, 0.2) is 0 Å². The minimum atomic E-state index is 0.0691. The first kappa shape index (κ1) is 14.7. The van der Waals surface area contributed by atoms with E-state index in [4.69, 9.17) is 4.74 Å². The van der Waals surface area contributed by atoms with Gasteiger partial charge in [-0.3, -0.25) is 4.79 Å². The van der Waals surface area contributed by atoms with Crippen molar-refractivity contribution >= 4 is 38.8 Å². The smallest absolute Gasteiger partial charge is 0.264 e. The van der Waals surface area contributed by atoms with Gasteiger partial charge in [0.1, 0.15) is 15.5 Å². The van der Waals surface area contributed by atoms with E-state index in [1.165, 1.54) is 11.3 Å². The molecule has 0 N–H and O–H groups in total. The van der Waals surface area contributed by atoms with Crippen LogP contribution in [0.4, 0.5) is 0 Å². The number of hydrogen-bond donors (Lipinski definition) is 0. The highest BCUT2D eigenvalue weighted by Crippen LogP contribution is 2.29. The Bertz CT molecular complexity index is 844. The molecule has 1 aliphatic heterocycles. The number of carbonyl (C=O) groups is 1. The van der Waals surface area contributed by atoms with E-state index in [0.29, 0.717) is 19.8 Å². The molecule has 0 spiro atoms. The molecule has 1 saturated heterocycles. The maximum atomic E-state index is 12.7. The maximum Gasteiger partial charge on any atom is 0.264 e. The summed E-state index contributed by atoms with van der Waals surface area (Å²) in [5.41, 5.74) is 0.855. The number of pyridine rings is 1. The molecule has 0 aromatic carbocycles. The van der Waals surface area contributed by atoms with E-state index in [9.17, 15) is 4.79 Å². The van der Waals surface area contributed by atoms with E-state index in [1.54, 1.807) is 17.5 Å². The predicted octanol–water partition coefficient (Wildman–Crippen LogP) is 3.28. The summed E-state index contributed by atoms with van der Waals surface area (Å²) in [5.74, 6) is 0.0691.